The highest BCUT2D eigenvalue weighted by molar-refractivity contribution is 7.99. The fourth-order valence-corrected chi connectivity index (χ4v) is 4.67. The van der Waals surface area contributed by atoms with Gasteiger partial charge in [0.25, 0.3) is 0 Å². The molecule has 1 aromatic carbocycles. The van der Waals surface area contributed by atoms with Crippen molar-refractivity contribution in [1.29, 1.82) is 0 Å². The van der Waals surface area contributed by atoms with Crippen LogP contribution in [0.2, 0.25) is 0 Å². The molecule has 23 heavy (non-hydrogen) atoms. The smallest absolute Gasteiger partial charge is 0.221 e. The summed E-state index contributed by atoms with van der Waals surface area (Å²) in [5.41, 5.74) is 8.15. The van der Waals surface area contributed by atoms with Crippen LogP contribution >= 0.6 is 11.8 Å². The van der Waals surface area contributed by atoms with Crippen molar-refractivity contribution in [3.05, 3.63) is 35.4 Å². The molecule has 0 saturated carbocycles. The van der Waals surface area contributed by atoms with E-state index in [2.05, 4.69) is 34.5 Å². The van der Waals surface area contributed by atoms with Gasteiger partial charge in [-0.05, 0) is 42.7 Å². The summed E-state index contributed by atoms with van der Waals surface area (Å²) in [6, 6.07) is 9.49. The highest BCUT2D eigenvalue weighted by Crippen LogP contribution is 2.20. The Balaban J connectivity index is 1.53. The van der Waals surface area contributed by atoms with Crippen LogP contribution in [0.25, 0.3) is 0 Å². The number of hydrogen-bond donors (Lipinski definition) is 2. The molecule has 3 rings (SSSR count). The van der Waals surface area contributed by atoms with Gasteiger partial charge >= 0.3 is 0 Å². The van der Waals surface area contributed by atoms with Gasteiger partial charge in [0.15, 0.2) is 0 Å². The van der Waals surface area contributed by atoms with E-state index in [1.807, 2.05) is 11.8 Å². The normalized spacial score (nSPS) is 25.6. The third kappa shape index (κ3) is 4.96. The lowest BCUT2D eigenvalue weighted by atomic mass is 9.97. The first-order valence-corrected chi connectivity index (χ1v) is 9.77. The number of carbonyl (C=O) groups excluding carboxylic acids is 1. The molecule has 2 fully saturated rings. The van der Waals surface area contributed by atoms with Gasteiger partial charge in [-0.25, -0.2) is 0 Å². The van der Waals surface area contributed by atoms with Gasteiger partial charge in [-0.3, -0.25) is 9.69 Å². The summed E-state index contributed by atoms with van der Waals surface area (Å²) in [4.78, 5) is 13.8. The van der Waals surface area contributed by atoms with E-state index in [-0.39, 0.29) is 11.8 Å². The lowest BCUT2D eigenvalue weighted by Crippen LogP contribution is -2.40. The summed E-state index contributed by atoms with van der Waals surface area (Å²) in [6.07, 6.45) is 3.29. The molecule has 4 nitrogen and oxygen atoms in total. The molecular formula is C18H27N3OS. The van der Waals surface area contributed by atoms with Crippen molar-refractivity contribution < 1.29 is 4.79 Å². The summed E-state index contributed by atoms with van der Waals surface area (Å²) in [6.45, 7) is 3.72. The van der Waals surface area contributed by atoms with E-state index in [0.29, 0.717) is 6.04 Å². The number of thioether (sulfide) groups is 1. The van der Waals surface area contributed by atoms with Gasteiger partial charge in [0.1, 0.15) is 0 Å². The number of nitrogens with one attached hydrogen (secondary N) is 1. The monoisotopic (exact) mass is 333 g/mol. The van der Waals surface area contributed by atoms with Gasteiger partial charge in [0.05, 0.1) is 5.92 Å². The Kier molecular flexibility index (Phi) is 5.97. The van der Waals surface area contributed by atoms with Crippen LogP contribution in [0.1, 0.15) is 30.4 Å². The van der Waals surface area contributed by atoms with Gasteiger partial charge in [0, 0.05) is 31.4 Å². The third-order valence-electron chi connectivity index (χ3n) is 4.83. The van der Waals surface area contributed by atoms with Crippen LogP contribution < -0.4 is 11.1 Å². The van der Waals surface area contributed by atoms with Crippen molar-refractivity contribution in [2.24, 2.45) is 11.7 Å². The Labute approximate surface area is 143 Å². The Morgan fingerprint density at radius 2 is 2.22 bits per heavy atom. The highest BCUT2D eigenvalue weighted by atomic mass is 32.2. The van der Waals surface area contributed by atoms with Gasteiger partial charge in [0.2, 0.25) is 5.91 Å². The van der Waals surface area contributed by atoms with Crippen molar-refractivity contribution in [3.63, 3.8) is 0 Å². The minimum atomic E-state index is -0.151. The quantitative estimate of drug-likeness (QED) is 0.836. The van der Waals surface area contributed by atoms with Crippen LogP contribution in [-0.4, -0.2) is 41.4 Å². The van der Waals surface area contributed by atoms with Crippen LogP contribution in [0.3, 0.4) is 0 Å². The topological polar surface area (TPSA) is 58.4 Å². The zero-order chi connectivity index (χ0) is 16.1. The summed E-state index contributed by atoms with van der Waals surface area (Å²) in [5.74, 6) is 2.39. The molecule has 2 aliphatic rings. The number of nitrogens with zero attached hydrogens (tertiary/aromatic N) is 1. The number of amides is 1. The molecule has 0 aliphatic carbocycles. The molecule has 0 bridgehead atoms. The molecule has 0 spiro atoms. The molecule has 2 atom stereocenters. The second-order valence-corrected chi connectivity index (χ2v) is 7.89. The minimum absolute atomic E-state index is 0.0217. The van der Waals surface area contributed by atoms with Crippen molar-refractivity contribution in [2.75, 3.05) is 24.6 Å². The number of piperidine rings is 1. The van der Waals surface area contributed by atoms with Crippen molar-refractivity contribution in [3.8, 4) is 0 Å². The third-order valence-corrected chi connectivity index (χ3v) is 5.99. The first-order chi connectivity index (χ1) is 11.2. The molecule has 2 saturated heterocycles. The van der Waals surface area contributed by atoms with E-state index in [9.17, 15) is 4.79 Å². The second kappa shape index (κ2) is 8.18. The van der Waals surface area contributed by atoms with E-state index < -0.39 is 0 Å². The number of nitrogens with two attached hydrogens (primary N) is 1. The first-order valence-electron chi connectivity index (χ1n) is 8.61. The average Bonchev–Trinajstić information content (AvgIpc) is 3.07. The zero-order valence-electron chi connectivity index (χ0n) is 13.7. The maximum absolute atomic E-state index is 11.4. The largest absolute Gasteiger partial charge is 0.369 e. The highest BCUT2D eigenvalue weighted by Gasteiger charge is 2.23. The molecular weight excluding hydrogens is 306 g/mol. The number of primary amides is 1. The predicted octanol–water partition coefficient (Wildman–Crippen LogP) is 1.98. The van der Waals surface area contributed by atoms with E-state index >= 15 is 0 Å². The molecule has 3 N–H and O–H groups in total. The van der Waals surface area contributed by atoms with Crippen molar-refractivity contribution >= 4 is 17.7 Å². The minimum Gasteiger partial charge on any atom is -0.369 e. The molecule has 1 amide bonds. The fourth-order valence-electron chi connectivity index (χ4n) is 3.49. The molecule has 2 aliphatic heterocycles. The Morgan fingerprint density at radius 3 is 3.00 bits per heavy atom. The standard InChI is InChI=1S/C18H27N3OS/c19-18(22)16-5-2-7-21(12-16)11-15-4-1-3-14(9-15)10-20-17-6-8-23-13-17/h1,3-4,9,16-17,20H,2,5-8,10-13H2,(H2,19,22)/t16-,17+/m0/s1. The molecule has 0 unspecified atom stereocenters. The molecule has 5 heteroatoms. The van der Waals surface area contributed by atoms with Gasteiger partial charge in [-0.15, -0.1) is 0 Å². The molecule has 1 aromatic rings. The van der Waals surface area contributed by atoms with E-state index in [1.165, 1.54) is 29.1 Å². The number of hydrogen-bond acceptors (Lipinski definition) is 4. The van der Waals surface area contributed by atoms with Crippen molar-refractivity contribution in [1.82, 2.24) is 10.2 Å². The zero-order valence-corrected chi connectivity index (χ0v) is 14.5. The molecule has 0 aromatic heterocycles. The number of carbonyl (C=O) groups is 1. The molecule has 126 valence electrons. The SMILES string of the molecule is NC(=O)[C@H]1CCCN(Cc2cccc(CN[C@@H]3CCSC3)c2)C1. The van der Waals surface area contributed by atoms with Crippen LogP contribution in [0.15, 0.2) is 24.3 Å². The Hall–Kier alpha value is -1.04. The summed E-state index contributed by atoms with van der Waals surface area (Å²) in [7, 11) is 0. The maximum atomic E-state index is 11.4. The molecule has 0 radical (unpaired) electrons. The predicted molar refractivity (Wildman–Crippen MR) is 96.2 cm³/mol. The van der Waals surface area contributed by atoms with E-state index in [4.69, 9.17) is 5.73 Å². The Morgan fingerprint density at radius 1 is 1.35 bits per heavy atom. The van der Waals surface area contributed by atoms with Crippen LogP contribution in [-0.2, 0) is 17.9 Å². The summed E-state index contributed by atoms with van der Waals surface area (Å²) >= 11 is 2.04. The van der Waals surface area contributed by atoms with Gasteiger partial charge < -0.3 is 11.1 Å². The lowest BCUT2D eigenvalue weighted by molar-refractivity contribution is -0.123. The summed E-state index contributed by atoms with van der Waals surface area (Å²) < 4.78 is 0. The van der Waals surface area contributed by atoms with Crippen LogP contribution in [0.5, 0.6) is 0 Å². The van der Waals surface area contributed by atoms with Crippen LogP contribution in [0.4, 0.5) is 0 Å². The average molecular weight is 334 g/mol. The lowest BCUT2D eigenvalue weighted by Gasteiger charge is -2.31. The van der Waals surface area contributed by atoms with Crippen LogP contribution in [0, 0.1) is 5.92 Å². The first kappa shape index (κ1) is 16.8. The number of likely N-dealkylation sites (tertiary alicyclic amines) is 1. The maximum Gasteiger partial charge on any atom is 0.221 e. The van der Waals surface area contributed by atoms with Gasteiger partial charge in [-0.1, -0.05) is 24.3 Å². The molecule has 2 heterocycles. The second-order valence-electron chi connectivity index (χ2n) is 6.74. The fraction of sp³-hybridized carbons (Fsp3) is 0.611. The van der Waals surface area contributed by atoms with E-state index in [1.54, 1.807) is 0 Å². The summed E-state index contributed by atoms with van der Waals surface area (Å²) in [5, 5.41) is 3.66. The number of rotatable bonds is 6. The Bertz CT molecular complexity index is 531. The van der Waals surface area contributed by atoms with Crippen molar-refractivity contribution in [2.45, 2.75) is 38.4 Å². The van der Waals surface area contributed by atoms with Gasteiger partial charge in [-0.2, -0.15) is 11.8 Å². The van der Waals surface area contributed by atoms with E-state index in [0.717, 1.165) is 39.0 Å². The number of benzene rings is 1.